The average molecular weight is 258 g/mol. The van der Waals surface area contributed by atoms with E-state index in [0.717, 1.165) is 37.0 Å². The molecule has 0 saturated heterocycles. The quantitative estimate of drug-likeness (QED) is 0.801. The lowest BCUT2D eigenvalue weighted by molar-refractivity contribution is -0.137. The van der Waals surface area contributed by atoms with Gasteiger partial charge in [0, 0.05) is 0 Å². The van der Waals surface area contributed by atoms with Crippen molar-refractivity contribution < 1.29 is 18.3 Å². The molecule has 1 aliphatic rings. The van der Waals surface area contributed by atoms with Crippen LogP contribution < -0.4 is 0 Å². The van der Waals surface area contributed by atoms with Crippen LogP contribution in [0.1, 0.15) is 48.8 Å². The van der Waals surface area contributed by atoms with E-state index in [0.29, 0.717) is 18.4 Å². The van der Waals surface area contributed by atoms with Crippen LogP contribution in [0.3, 0.4) is 0 Å². The van der Waals surface area contributed by atoms with E-state index in [1.807, 2.05) is 0 Å². The van der Waals surface area contributed by atoms with E-state index in [4.69, 9.17) is 0 Å². The van der Waals surface area contributed by atoms with Gasteiger partial charge in [0.05, 0.1) is 11.2 Å². The van der Waals surface area contributed by atoms with Gasteiger partial charge in [0.1, 0.15) is 0 Å². The molecule has 18 heavy (non-hydrogen) atoms. The number of alkyl halides is 3. The van der Waals surface area contributed by atoms with E-state index in [1.165, 1.54) is 6.07 Å². The van der Waals surface area contributed by atoms with Crippen LogP contribution in [0.15, 0.2) is 18.2 Å². The molecule has 1 fully saturated rings. The van der Waals surface area contributed by atoms with E-state index in [2.05, 4.69) is 0 Å². The molecule has 1 nitrogen and oxygen atoms in total. The summed E-state index contributed by atoms with van der Waals surface area (Å²) < 4.78 is 38.1. The predicted octanol–water partition coefficient (Wildman–Crippen LogP) is 4.17. The van der Waals surface area contributed by atoms with Gasteiger partial charge < -0.3 is 5.11 Å². The fourth-order valence-electron chi connectivity index (χ4n) is 2.71. The molecule has 1 aromatic carbocycles. The molecule has 0 amide bonds. The Bertz CT molecular complexity index is 431. The molecule has 2 rings (SSSR count). The first kappa shape index (κ1) is 13.4. The van der Waals surface area contributed by atoms with Crippen molar-refractivity contribution in [1.82, 2.24) is 0 Å². The molecular formula is C14H17F3O. The Morgan fingerprint density at radius 2 is 1.72 bits per heavy atom. The van der Waals surface area contributed by atoms with Crippen LogP contribution in [0.4, 0.5) is 13.2 Å². The molecule has 0 spiro atoms. The lowest BCUT2D eigenvalue weighted by atomic mass is 9.77. The predicted molar refractivity (Wildman–Crippen MR) is 63.2 cm³/mol. The largest absolute Gasteiger partial charge is 0.416 e. The third-order valence-electron chi connectivity index (χ3n) is 3.75. The molecule has 0 atom stereocenters. The smallest absolute Gasteiger partial charge is 0.385 e. The summed E-state index contributed by atoms with van der Waals surface area (Å²) >= 11 is 0. The number of rotatable bonds is 1. The number of aliphatic hydroxyl groups is 1. The van der Waals surface area contributed by atoms with Crippen LogP contribution >= 0.6 is 0 Å². The van der Waals surface area contributed by atoms with Crippen LogP contribution in [0.5, 0.6) is 0 Å². The van der Waals surface area contributed by atoms with Crippen molar-refractivity contribution in [2.45, 2.75) is 50.8 Å². The second-order valence-corrected chi connectivity index (χ2v) is 5.12. The Balaban J connectivity index is 2.43. The third kappa shape index (κ3) is 2.53. The summed E-state index contributed by atoms with van der Waals surface area (Å²) in [7, 11) is 0. The molecular weight excluding hydrogens is 241 g/mol. The minimum Gasteiger partial charge on any atom is -0.385 e. The van der Waals surface area contributed by atoms with E-state index in [-0.39, 0.29) is 0 Å². The van der Waals surface area contributed by atoms with Gasteiger partial charge in [-0.05, 0) is 43.0 Å². The number of aryl methyl sites for hydroxylation is 1. The Labute approximate surface area is 105 Å². The second-order valence-electron chi connectivity index (χ2n) is 5.12. The maximum absolute atomic E-state index is 12.7. The summed E-state index contributed by atoms with van der Waals surface area (Å²) in [6.07, 6.45) is -0.476. The Hall–Kier alpha value is -1.03. The van der Waals surface area contributed by atoms with Crippen molar-refractivity contribution >= 4 is 0 Å². The van der Waals surface area contributed by atoms with Crippen molar-refractivity contribution in [2.24, 2.45) is 0 Å². The van der Waals surface area contributed by atoms with Crippen molar-refractivity contribution in [2.75, 3.05) is 0 Å². The summed E-state index contributed by atoms with van der Waals surface area (Å²) in [4.78, 5) is 0. The molecule has 0 aromatic heterocycles. The topological polar surface area (TPSA) is 20.2 Å². The van der Waals surface area contributed by atoms with Gasteiger partial charge in [-0.25, -0.2) is 0 Å². The van der Waals surface area contributed by atoms with Gasteiger partial charge in [0.2, 0.25) is 0 Å². The molecule has 0 bridgehead atoms. The molecule has 1 aromatic rings. The molecule has 0 radical (unpaired) electrons. The molecule has 1 N–H and O–H groups in total. The van der Waals surface area contributed by atoms with Crippen LogP contribution in [-0.2, 0) is 11.8 Å². The normalized spacial score (nSPS) is 19.8. The van der Waals surface area contributed by atoms with Crippen LogP contribution in [0.2, 0.25) is 0 Å². The Kier molecular flexibility index (Phi) is 3.41. The molecule has 1 aliphatic carbocycles. The monoisotopic (exact) mass is 258 g/mol. The zero-order valence-corrected chi connectivity index (χ0v) is 10.3. The summed E-state index contributed by atoms with van der Waals surface area (Å²) in [5.41, 5.74) is -0.588. The Morgan fingerprint density at radius 3 is 2.28 bits per heavy atom. The van der Waals surface area contributed by atoms with Crippen LogP contribution in [0.25, 0.3) is 0 Å². The molecule has 0 unspecified atom stereocenters. The SMILES string of the molecule is Cc1ccc(C(F)(F)F)cc1C1(O)CCCCC1. The lowest BCUT2D eigenvalue weighted by Gasteiger charge is -2.34. The van der Waals surface area contributed by atoms with Gasteiger partial charge in [-0.15, -0.1) is 0 Å². The number of hydrogen-bond donors (Lipinski definition) is 1. The second kappa shape index (κ2) is 4.57. The maximum Gasteiger partial charge on any atom is 0.416 e. The van der Waals surface area contributed by atoms with Crippen molar-refractivity contribution in [1.29, 1.82) is 0 Å². The Morgan fingerprint density at radius 1 is 1.11 bits per heavy atom. The van der Waals surface area contributed by atoms with Gasteiger partial charge in [0.25, 0.3) is 0 Å². The number of benzene rings is 1. The first-order valence-electron chi connectivity index (χ1n) is 6.24. The van der Waals surface area contributed by atoms with E-state index >= 15 is 0 Å². The van der Waals surface area contributed by atoms with Crippen molar-refractivity contribution in [3.05, 3.63) is 34.9 Å². The first-order chi connectivity index (χ1) is 8.33. The number of hydrogen-bond acceptors (Lipinski definition) is 1. The summed E-state index contributed by atoms with van der Waals surface area (Å²) in [6, 6.07) is 3.64. The van der Waals surface area contributed by atoms with Gasteiger partial charge in [-0.3, -0.25) is 0 Å². The summed E-state index contributed by atoms with van der Waals surface area (Å²) in [6.45, 7) is 1.75. The van der Waals surface area contributed by atoms with Crippen molar-refractivity contribution in [3.8, 4) is 0 Å². The molecule has 100 valence electrons. The first-order valence-corrected chi connectivity index (χ1v) is 6.24. The van der Waals surface area contributed by atoms with Crippen LogP contribution in [0, 0.1) is 6.92 Å². The standard InChI is InChI=1S/C14H17F3O/c1-10-5-6-11(14(15,16)17)9-12(10)13(18)7-3-2-4-8-13/h5-6,9,18H,2-4,7-8H2,1H3. The highest BCUT2D eigenvalue weighted by molar-refractivity contribution is 5.37. The van der Waals surface area contributed by atoms with Gasteiger partial charge in [0.15, 0.2) is 0 Å². The minimum atomic E-state index is -4.35. The zero-order chi connectivity index (χ0) is 13.4. The number of halogens is 3. The molecule has 4 heteroatoms. The van der Waals surface area contributed by atoms with Crippen LogP contribution in [-0.4, -0.2) is 5.11 Å². The lowest BCUT2D eigenvalue weighted by Crippen LogP contribution is -2.29. The van der Waals surface area contributed by atoms with Gasteiger partial charge >= 0.3 is 6.18 Å². The van der Waals surface area contributed by atoms with E-state index in [1.54, 1.807) is 6.92 Å². The average Bonchev–Trinajstić information content (AvgIpc) is 2.28. The van der Waals surface area contributed by atoms with Gasteiger partial charge in [-0.1, -0.05) is 25.3 Å². The van der Waals surface area contributed by atoms with E-state index in [9.17, 15) is 18.3 Å². The molecule has 0 aliphatic heterocycles. The minimum absolute atomic E-state index is 0.442. The zero-order valence-electron chi connectivity index (χ0n) is 10.3. The van der Waals surface area contributed by atoms with Gasteiger partial charge in [-0.2, -0.15) is 13.2 Å². The molecule has 1 saturated carbocycles. The third-order valence-corrected chi connectivity index (χ3v) is 3.75. The maximum atomic E-state index is 12.7. The van der Waals surface area contributed by atoms with E-state index < -0.39 is 17.3 Å². The highest BCUT2D eigenvalue weighted by Gasteiger charge is 2.36. The fraction of sp³-hybridized carbons (Fsp3) is 0.571. The highest BCUT2D eigenvalue weighted by atomic mass is 19.4. The fourth-order valence-corrected chi connectivity index (χ4v) is 2.71. The summed E-state index contributed by atoms with van der Waals surface area (Å²) in [5, 5.41) is 10.5. The molecule has 0 heterocycles. The van der Waals surface area contributed by atoms with Crippen molar-refractivity contribution in [3.63, 3.8) is 0 Å². The highest BCUT2D eigenvalue weighted by Crippen LogP contribution is 2.40. The summed E-state index contributed by atoms with van der Waals surface area (Å²) in [5.74, 6) is 0.